The van der Waals surface area contributed by atoms with Crippen molar-refractivity contribution in [2.75, 3.05) is 0 Å². The van der Waals surface area contributed by atoms with Crippen LogP contribution in [0.1, 0.15) is 26.3 Å². The summed E-state index contributed by atoms with van der Waals surface area (Å²) in [5.41, 5.74) is 4.71. The van der Waals surface area contributed by atoms with Crippen molar-refractivity contribution in [1.29, 1.82) is 0 Å². The van der Waals surface area contributed by atoms with Crippen molar-refractivity contribution >= 4 is 44.2 Å². The lowest BCUT2D eigenvalue weighted by Gasteiger charge is -2.22. The van der Waals surface area contributed by atoms with Crippen LogP contribution in [0.5, 0.6) is 0 Å². The average Bonchev–Trinajstić information content (AvgIpc) is 3.13. The van der Waals surface area contributed by atoms with E-state index in [9.17, 15) is 0 Å². The first kappa shape index (κ1) is 18.8. The van der Waals surface area contributed by atoms with Crippen LogP contribution in [0.15, 0.2) is 82.2 Å². The summed E-state index contributed by atoms with van der Waals surface area (Å²) in [5.74, 6) is 0. The number of aromatic nitrogens is 2. The Labute approximate surface area is 179 Å². The Bertz CT molecular complexity index is 1440. The predicted molar refractivity (Wildman–Crippen MR) is 126 cm³/mol. The van der Waals surface area contributed by atoms with Gasteiger partial charge in [-0.2, -0.15) is 11.3 Å². The van der Waals surface area contributed by atoms with Crippen LogP contribution in [-0.4, -0.2) is 9.97 Å². The summed E-state index contributed by atoms with van der Waals surface area (Å²) >= 11 is 1.63. The minimum absolute atomic E-state index is 0.00977. The second-order valence-electron chi connectivity index (χ2n) is 8.40. The molecule has 0 aliphatic heterocycles. The van der Waals surface area contributed by atoms with Crippen LogP contribution in [0, 0.1) is 0 Å². The lowest BCUT2D eigenvalue weighted by atomic mass is 9.82. The highest BCUT2D eigenvalue weighted by Crippen LogP contribution is 2.38. The van der Waals surface area contributed by atoms with Gasteiger partial charge in [0, 0.05) is 10.9 Å². The molecule has 5 aromatic rings. The van der Waals surface area contributed by atoms with E-state index in [-0.39, 0.29) is 5.41 Å². The average molecular weight is 411 g/mol. The third-order valence-corrected chi connectivity index (χ3v) is 5.93. The van der Waals surface area contributed by atoms with Crippen molar-refractivity contribution in [2.24, 2.45) is 0 Å². The molecule has 5 rings (SSSR count). The SMILES string of the molecule is CC(C)(C)c1cc(-c2ncnc3oc4ccccsccc4c23)cc2ccccc12. The number of hydrogen-bond donors (Lipinski definition) is 0. The first-order valence-corrected chi connectivity index (χ1v) is 10.9. The van der Waals surface area contributed by atoms with Gasteiger partial charge < -0.3 is 4.42 Å². The monoisotopic (exact) mass is 410 g/mol. The number of furan rings is 1. The second kappa shape index (κ2) is 7.22. The zero-order chi connectivity index (χ0) is 20.7. The molecular weight excluding hydrogens is 388 g/mol. The molecule has 0 unspecified atom stereocenters. The van der Waals surface area contributed by atoms with Crippen LogP contribution in [0.2, 0.25) is 0 Å². The predicted octanol–water partition coefficient (Wildman–Crippen LogP) is 7.68. The summed E-state index contributed by atoms with van der Waals surface area (Å²) in [6.07, 6.45) is 1.59. The van der Waals surface area contributed by atoms with E-state index in [0.717, 1.165) is 27.6 Å². The van der Waals surface area contributed by atoms with Crippen LogP contribution in [0.25, 0.3) is 44.1 Å². The van der Waals surface area contributed by atoms with Gasteiger partial charge in [-0.15, -0.1) is 0 Å². The molecular formula is C26H22N2OS. The Morgan fingerprint density at radius 3 is 2.53 bits per heavy atom. The van der Waals surface area contributed by atoms with E-state index in [2.05, 4.69) is 73.6 Å². The van der Waals surface area contributed by atoms with Crippen LogP contribution in [-0.2, 0) is 5.41 Å². The molecule has 30 heavy (non-hydrogen) atoms. The van der Waals surface area contributed by atoms with E-state index in [0.29, 0.717) is 5.71 Å². The van der Waals surface area contributed by atoms with Gasteiger partial charge in [0.2, 0.25) is 5.71 Å². The Balaban J connectivity index is 1.90. The van der Waals surface area contributed by atoms with Gasteiger partial charge in [0.05, 0.1) is 11.1 Å². The standard InChI is InChI=1S/C26H22N2OS/c1-26(2,3)21-15-18(14-17-8-4-5-9-19(17)21)24-23-20-11-13-30-12-7-6-10-22(20)29-25(23)28-16-27-24/h4-16H,1-3H3. The molecule has 3 nitrogen and oxygen atoms in total. The Kier molecular flexibility index (Phi) is 4.52. The minimum atomic E-state index is 0.00977. The maximum absolute atomic E-state index is 6.10. The lowest BCUT2D eigenvalue weighted by molar-refractivity contribution is 0.596. The van der Waals surface area contributed by atoms with Crippen LogP contribution in [0.3, 0.4) is 0 Å². The molecule has 0 fully saturated rings. The maximum Gasteiger partial charge on any atom is 0.230 e. The molecule has 3 aromatic heterocycles. The molecule has 2 aromatic carbocycles. The molecule has 148 valence electrons. The number of benzene rings is 2. The maximum atomic E-state index is 6.10. The molecule has 3 heterocycles. The molecule has 0 bridgehead atoms. The van der Waals surface area contributed by atoms with Gasteiger partial charge in [0.25, 0.3) is 0 Å². The molecule has 0 aliphatic carbocycles. The van der Waals surface area contributed by atoms with Gasteiger partial charge in [0.15, 0.2) is 0 Å². The molecule has 0 spiro atoms. The first-order valence-electron chi connectivity index (χ1n) is 9.99. The van der Waals surface area contributed by atoms with Crippen molar-refractivity contribution in [3.05, 3.63) is 83.3 Å². The Morgan fingerprint density at radius 2 is 1.67 bits per heavy atom. The fourth-order valence-corrected chi connectivity index (χ4v) is 4.42. The highest BCUT2D eigenvalue weighted by molar-refractivity contribution is 7.07. The van der Waals surface area contributed by atoms with Crippen molar-refractivity contribution in [2.45, 2.75) is 26.2 Å². The van der Waals surface area contributed by atoms with Crippen LogP contribution in [0.4, 0.5) is 0 Å². The van der Waals surface area contributed by atoms with E-state index in [1.54, 1.807) is 17.7 Å². The van der Waals surface area contributed by atoms with E-state index >= 15 is 0 Å². The molecule has 0 amide bonds. The van der Waals surface area contributed by atoms with E-state index in [4.69, 9.17) is 9.40 Å². The third-order valence-electron chi connectivity index (χ3n) is 5.33. The van der Waals surface area contributed by atoms with Gasteiger partial charge in [-0.1, -0.05) is 57.2 Å². The lowest BCUT2D eigenvalue weighted by Crippen LogP contribution is -2.12. The molecule has 0 saturated carbocycles. The highest BCUT2D eigenvalue weighted by atomic mass is 32.1. The number of hydrogen-bond acceptors (Lipinski definition) is 4. The molecule has 0 aliphatic rings. The van der Waals surface area contributed by atoms with Gasteiger partial charge in [0.1, 0.15) is 11.9 Å². The van der Waals surface area contributed by atoms with E-state index < -0.39 is 0 Å². The van der Waals surface area contributed by atoms with Gasteiger partial charge in [-0.05, 0) is 56.8 Å². The molecule has 0 saturated heterocycles. The first-order chi connectivity index (χ1) is 14.5. The van der Waals surface area contributed by atoms with E-state index in [1.807, 2.05) is 23.6 Å². The second-order valence-corrected chi connectivity index (χ2v) is 9.22. The van der Waals surface area contributed by atoms with Crippen molar-refractivity contribution < 1.29 is 4.42 Å². The van der Waals surface area contributed by atoms with E-state index in [1.165, 1.54) is 16.3 Å². The van der Waals surface area contributed by atoms with Gasteiger partial charge in [-0.25, -0.2) is 9.97 Å². The third kappa shape index (κ3) is 3.23. The fourth-order valence-electron chi connectivity index (χ4n) is 3.93. The van der Waals surface area contributed by atoms with Crippen LogP contribution < -0.4 is 0 Å². The van der Waals surface area contributed by atoms with Crippen molar-refractivity contribution in [1.82, 2.24) is 9.97 Å². The molecule has 0 N–H and O–H groups in total. The summed E-state index contributed by atoms with van der Waals surface area (Å²) in [5, 5.41) is 8.56. The number of rotatable bonds is 1. The summed E-state index contributed by atoms with van der Waals surface area (Å²) in [4.78, 5) is 9.13. The minimum Gasteiger partial charge on any atom is -0.438 e. The summed E-state index contributed by atoms with van der Waals surface area (Å²) < 4.78 is 6.10. The summed E-state index contributed by atoms with van der Waals surface area (Å²) in [6, 6.07) is 21.1. The zero-order valence-electron chi connectivity index (χ0n) is 17.2. The topological polar surface area (TPSA) is 38.9 Å². The quantitative estimate of drug-likeness (QED) is 0.284. The Morgan fingerprint density at radius 1 is 0.833 bits per heavy atom. The largest absolute Gasteiger partial charge is 0.438 e. The number of nitrogens with zero attached hydrogens (tertiary/aromatic N) is 2. The van der Waals surface area contributed by atoms with Crippen LogP contribution >= 0.6 is 11.3 Å². The zero-order valence-corrected chi connectivity index (χ0v) is 18.0. The fraction of sp³-hybridized carbons (Fsp3) is 0.154. The summed E-state index contributed by atoms with van der Waals surface area (Å²) in [7, 11) is 0. The normalized spacial score (nSPS) is 11.8. The van der Waals surface area contributed by atoms with Crippen molar-refractivity contribution in [3.8, 4) is 11.3 Å². The molecule has 0 radical (unpaired) electrons. The van der Waals surface area contributed by atoms with Crippen molar-refractivity contribution in [3.63, 3.8) is 0 Å². The molecule has 0 atom stereocenters. The van der Waals surface area contributed by atoms with Gasteiger partial charge >= 0.3 is 0 Å². The molecule has 4 heteroatoms. The smallest absolute Gasteiger partial charge is 0.230 e. The Hall–Kier alpha value is -3.24. The number of fused-ring (bicyclic) bond motifs is 4. The van der Waals surface area contributed by atoms with Gasteiger partial charge in [-0.3, -0.25) is 0 Å². The highest BCUT2D eigenvalue weighted by Gasteiger charge is 2.20. The summed E-state index contributed by atoms with van der Waals surface area (Å²) in [6.45, 7) is 6.76.